The number of carbonyl (C=O) groups excluding carboxylic acids is 1. The van der Waals surface area contributed by atoms with Gasteiger partial charge in [-0.1, -0.05) is 19.0 Å². The molecular weight excluding hydrogens is 296 g/mol. The number of piperidine rings is 1. The third-order valence-electron chi connectivity index (χ3n) is 4.24. The normalized spacial score (nSPS) is 20.0. The predicted octanol–water partition coefficient (Wildman–Crippen LogP) is 1.75. The number of hydrogen-bond donors (Lipinski definition) is 0. The summed E-state index contributed by atoms with van der Waals surface area (Å²) in [5.41, 5.74) is 0. The SMILES string of the molecule is CC(C)c1nc([C@H]2CCCN(C(=O)[C@H](C)n3cncn3)C2)no1. The highest BCUT2D eigenvalue weighted by Gasteiger charge is 2.31. The van der Waals surface area contributed by atoms with E-state index < -0.39 is 0 Å². The molecule has 1 aliphatic heterocycles. The molecule has 1 fully saturated rings. The standard InChI is InChI=1S/C15H22N6O2/c1-10(2)14-18-13(19-23-14)12-5-4-6-20(7-12)15(22)11(3)21-9-16-8-17-21/h8-12H,4-7H2,1-3H3/t11-,12-/m0/s1. The minimum absolute atomic E-state index is 0.0489. The quantitative estimate of drug-likeness (QED) is 0.853. The van der Waals surface area contributed by atoms with Gasteiger partial charge in [0, 0.05) is 24.9 Å². The van der Waals surface area contributed by atoms with Crippen molar-refractivity contribution in [3.63, 3.8) is 0 Å². The van der Waals surface area contributed by atoms with Crippen molar-refractivity contribution in [2.45, 2.75) is 51.5 Å². The van der Waals surface area contributed by atoms with Crippen molar-refractivity contribution >= 4 is 5.91 Å². The Morgan fingerprint density at radius 3 is 2.87 bits per heavy atom. The zero-order chi connectivity index (χ0) is 16.4. The molecule has 0 radical (unpaired) electrons. The van der Waals surface area contributed by atoms with E-state index in [1.54, 1.807) is 11.0 Å². The van der Waals surface area contributed by atoms with Crippen LogP contribution in [0.4, 0.5) is 0 Å². The van der Waals surface area contributed by atoms with Crippen LogP contribution in [0, 0.1) is 0 Å². The Morgan fingerprint density at radius 2 is 2.22 bits per heavy atom. The Bertz CT molecular complexity index is 651. The molecule has 3 rings (SSSR count). The van der Waals surface area contributed by atoms with E-state index in [9.17, 15) is 4.79 Å². The lowest BCUT2D eigenvalue weighted by molar-refractivity contribution is -0.135. The first kappa shape index (κ1) is 15.6. The average molecular weight is 318 g/mol. The number of carbonyl (C=O) groups is 1. The number of likely N-dealkylation sites (tertiary alicyclic amines) is 1. The lowest BCUT2D eigenvalue weighted by Crippen LogP contribution is -2.42. The number of hydrogen-bond acceptors (Lipinski definition) is 6. The van der Waals surface area contributed by atoms with E-state index in [4.69, 9.17) is 4.52 Å². The van der Waals surface area contributed by atoms with Gasteiger partial charge in [-0.2, -0.15) is 10.1 Å². The molecule has 3 heterocycles. The molecule has 0 N–H and O–H groups in total. The second-order valence-corrected chi connectivity index (χ2v) is 6.32. The molecule has 1 amide bonds. The number of aromatic nitrogens is 5. The van der Waals surface area contributed by atoms with E-state index in [0.717, 1.165) is 19.4 Å². The minimum Gasteiger partial charge on any atom is -0.340 e. The number of nitrogens with zero attached hydrogens (tertiary/aromatic N) is 6. The monoisotopic (exact) mass is 318 g/mol. The zero-order valence-electron chi connectivity index (χ0n) is 13.7. The molecular formula is C15H22N6O2. The smallest absolute Gasteiger partial charge is 0.247 e. The Morgan fingerprint density at radius 1 is 1.39 bits per heavy atom. The Hall–Kier alpha value is -2.25. The molecule has 0 spiro atoms. The Balaban J connectivity index is 1.69. The summed E-state index contributed by atoms with van der Waals surface area (Å²) >= 11 is 0. The van der Waals surface area contributed by atoms with Gasteiger partial charge in [0.15, 0.2) is 5.82 Å². The summed E-state index contributed by atoms with van der Waals surface area (Å²) in [5.74, 6) is 1.75. The molecule has 0 saturated carbocycles. The minimum atomic E-state index is -0.354. The van der Waals surface area contributed by atoms with Gasteiger partial charge in [0.05, 0.1) is 0 Å². The van der Waals surface area contributed by atoms with Crippen LogP contribution in [-0.4, -0.2) is 48.8 Å². The van der Waals surface area contributed by atoms with Gasteiger partial charge in [-0.25, -0.2) is 9.67 Å². The molecule has 0 aromatic carbocycles. The maximum atomic E-state index is 12.7. The summed E-state index contributed by atoms with van der Waals surface area (Å²) in [6.45, 7) is 7.26. The molecule has 2 aromatic heterocycles. The van der Waals surface area contributed by atoms with Gasteiger partial charge >= 0.3 is 0 Å². The molecule has 0 bridgehead atoms. The summed E-state index contributed by atoms with van der Waals surface area (Å²) in [6, 6.07) is -0.354. The van der Waals surface area contributed by atoms with E-state index in [1.807, 2.05) is 25.7 Å². The van der Waals surface area contributed by atoms with Crippen molar-refractivity contribution in [3.8, 4) is 0 Å². The van der Waals surface area contributed by atoms with Crippen LogP contribution in [0.1, 0.15) is 63.2 Å². The van der Waals surface area contributed by atoms with Gasteiger partial charge in [-0.05, 0) is 19.8 Å². The maximum absolute atomic E-state index is 12.7. The molecule has 2 aromatic rings. The summed E-state index contributed by atoms with van der Waals surface area (Å²) in [7, 11) is 0. The van der Waals surface area contributed by atoms with Crippen LogP contribution in [0.2, 0.25) is 0 Å². The van der Waals surface area contributed by atoms with Crippen molar-refractivity contribution in [2.75, 3.05) is 13.1 Å². The molecule has 8 heteroatoms. The molecule has 0 aliphatic carbocycles. The summed E-state index contributed by atoms with van der Waals surface area (Å²) < 4.78 is 6.87. The first-order valence-corrected chi connectivity index (χ1v) is 8.02. The molecule has 1 saturated heterocycles. The van der Waals surface area contributed by atoms with E-state index in [2.05, 4.69) is 20.2 Å². The molecule has 0 unspecified atom stereocenters. The van der Waals surface area contributed by atoms with Crippen LogP contribution in [0.5, 0.6) is 0 Å². The molecule has 23 heavy (non-hydrogen) atoms. The second kappa shape index (κ2) is 6.47. The van der Waals surface area contributed by atoms with Crippen molar-refractivity contribution < 1.29 is 9.32 Å². The van der Waals surface area contributed by atoms with Crippen LogP contribution in [0.15, 0.2) is 17.2 Å². The fourth-order valence-electron chi connectivity index (χ4n) is 2.83. The first-order valence-electron chi connectivity index (χ1n) is 8.02. The highest BCUT2D eigenvalue weighted by molar-refractivity contribution is 5.80. The number of amides is 1. The highest BCUT2D eigenvalue weighted by Crippen LogP contribution is 2.27. The van der Waals surface area contributed by atoms with Gasteiger partial charge in [0.25, 0.3) is 0 Å². The maximum Gasteiger partial charge on any atom is 0.247 e. The van der Waals surface area contributed by atoms with Crippen molar-refractivity contribution in [2.24, 2.45) is 0 Å². The molecule has 8 nitrogen and oxygen atoms in total. The van der Waals surface area contributed by atoms with Gasteiger partial charge < -0.3 is 9.42 Å². The van der Waals surface area contributed by atoms with E-state index in [0.29, 0.717) is 18.3 Å². The fourth-order valence-corrected chi connectivity index (χ4v) is 2.83. The Kier molecular flexibility index (Phi) is 4.40. The average Bonchev–Trinajstić information content (AvgIpc) is 3.25. The zero-order valence-corrected chi connectivity index (χ0v) is 13.7. The van der Waals surface area contributed by atoms with Gasteiger partial charge in [0.1, 0.15) is 18.7 Å². The van der Waals surface area contributed by atoms with Gasteiger partial charge in [-0.3, -0.25) is 4.79 Å². The third kappa shape index (κ3) is 3.25. The topological polar surface area (TPSA) is 89.9 Å². The lowest BCUT2D eigenvalue weighted by atomic mass is 9.97. The van der Waals surface area contributed by atoms with Crippen molar-refractivity contribution in [3.05, 3.63) is 24.4 Å². The van der Waals surface area contributed by atoms with Crippen LogP contribution >= 0.6 is 0 Å². The molecule has 124 valence electrons. The van der Waals surface area contributed by atoms with E-state index in [1.165, 1.54) is 6.33 Å². The van der Waals surface area contributed by atoms with Gasteiger partial charge in [-0.15, -0.1) is 0 Å². The van der Waals surface area contributed by atoms with Crippen molar-refractivity contribution in [1.82, 2.24) is 29.8 Å². The van der Waals surface area contributed by atoms with Crippen LogP contribution in [0.25, 0.3) is 0 Å². The second-order valence-electron chi connectivity index (χ2n) is 6.32. The third-order valence-corrected chi connectivity index (χ3v) is 4.24. The fraction of sp³-hybridized carbons (Fsp3) is 0.667. The van der Waals surface area contributed by atoms with Gasteiger partial charge in [0.2, 0.25) is 11.8 Å². The van der Waals surface area contributed by atoms with Crippen LogP contribution in [0.3, 0.4) is 0 Å². The number of rotatable bonds is 4. The molecule has 1 aliphatic rings. The van der Waals surface area contributed by atoms with Crippen LogP contribution < -0.4 is 0 Å². The Labute approximate surface area is 134 Å². The summed E-state index contributed by atoms with van der Waals surface area (Å²) in [6.07, 6.45) is 4.91. The van der Waals surface area contributed by atoms with E-state index in [-0.39, 0.29) is 23.8 Å². The predicted molar refractivity (Wildman–Crippen MR) is 81.7 cm³/mol. The lowest BCUT2D eigenvalue weighted by Gasteiger charge is -2.33. The van der Waals surface area contributed by atoms with E-state index >= 15 is 0 Å². The highest BCUT2D eigenvalue weighted by atomic mass is 16.5. The van der Waals surface area contributed by atoms with Crippen LogP contribution in [-0.2, 0) is 4.79 Å². The van der Waals surface area contributed by atoms with Crippen molar-refractivity contribution in [1.29, 1.82) is 0 Å². The first-order chi connectivity index (χ1) is 11.1. The molecule has 2 atom stereocenters. The largest absolute Gasteiger partial charge is 0.340 e. The summed E-state index contributed by atoms with van der Waals surface area (Å²) in [5, 5.41) is 8.15. The summed E-state index contributed by atoms with van der Waals surface area (Å²) in [4.78, 5) is 22.9.